The molecule has 140 valence electrons. The van der Waals surface area contributed by atoms with E-state index >= 15 is 0 Å². The lowest BCUT2D eigenvalue weighted by atomic mass is 10.2. The fourth-order valence-electron chi connectivity index (χ4n) is 2.14. The minimum absolute atomic E-state index is 0.0722. The van der Waals surface area contributed by atoms with Crippen molar-refractivity contribution in [2.75, 3.05) is 11.9 Å². The number of halogens is 4. The van der Waals surface area contributed by atoms with E-state index < -0.39 is 11.7 Å². The molecule has 0 radical (unpaired) electrons. The van der Waals surface area contributed by atoms with Crippen LogP contribution < -0.4 is 10.6 Å². The van der Waals surface area contributed by atoms with Crippen LogP contribution >= 0.6 is 11.6 Å². The molecular weight excluding hydrogens is 369 g/mol. The van der Waals surface area contributed by atoms with E-state index in [4.69, 9.17) is 11.6 Å². The number of amides is 1. The molecule has 26 heavy (non-hydrogen) atoms. The first kappa shape index (κ1) is 20.0. The minimum Gasteiger partial charge on any atom is -0.352 e. The molecule has 0 saturated carbocycles. The Morgan fingerprint density at radius 1 is 1.19 bits per heavy atom. The van der Waals surface area contributed by atoms with Crippen LogP contribution in [-0.4, -0.2) is 22.4 Å². The van der Waals surface area contributed by atoms with Gasteiger partial charge >= 0.3 is 6.18 Å². The standard InChI is InChI=1S/C17H18ClF3N4O/c1-2-3-4-7-22-15(26)11-9-23-16(24-10-11)25-12-5-6-14(18)13(8-12)17(19,20)21/h5-6,8-10H,2-4,7H2,1H3,(H,22,26)(H,23,24,25). The number of nitrogens with one attached hydrogen (secondary N) is 2. The van der Waals surface area contributed by atoms with Crippen molar-refractivity contribution in [1.82, 2.24) is 15.3 Å². The number of aromatic nitrogens is 2. The van der Waals surface area contributed by atoms with Crippen molar-refractivity contribution in [3.05, 3.63) is 46.7 Å². The van der Waals surface area contributed by atoms with Gasteiger partial charge < -0.3 is 10.6 Å². The quantitative estimate of drug-likeness (QED) is 0.670. The summed E-state index contributed by atoms with van der Waals surface area (Å²) < 4.78 is 38.6. The molecule has 0 bridgehead atoms. The van der Waals surface area contributed by atoms with Crippen molar-refractivity contribution in [3.8, 4) is 0 Å². The van der Waals surface area contributed by atoms with E-state index in [-0.39, 0.29) is 28.1 Å². The maximum atomic E-state index is 12.9. The smallest absolute Gasteiger partial charge is 0.352 e. The zero-order chi connectivity index (χ0) is 19.2. The molecule has 2 N–H and O–H groups in total. The molecule has 0 atom stereocenters. The van der Waals surface area contributed by atoms with E-state index in [1.54, 1.807) is 0 Å². The molecule has 0 aliphatic heterocycles. The van der Waals surface area contributed by atoms with Gasteiger partial charge in [0.1, 0.15) is 0 Å². The zero-order valence-electron chi connectivity index (χ0n) is 14.0. The first-order chi connectivity index (χ1) is 12.3. The molecule has 2 rings (SSSR count). The molecule has 0 spiro atoms. The summed E-state index contributed by atoms with van der Waals surface area (Å²) in [5.74, 6) is -0.221. The number of rotatable bonds is 7. The van der Waals surface area contributed by atoms with Gasteiger partial charge in [0, 0.05) is 24.6 Å². The molecule has 0 unspecified atom stereocenters. The Kier molecular flexibility index (Phi) is 6.79. The Morgan fingerprint density at radius 3 is 2.50 bits per heavy atom. The Balaban J connectivity index is 2.02. The molecule has 1 aromatic heterocycles. The lowest BCUT2D eigenvalue weighted by Crippen LogP contribution is -2.24. The highest BCUT2D eigenvalue weighted by Crippen LogP contribution is 2.36. The van der Waals surface area contributed by atoms with Crippen LogP contribution in [0, 0.1) is 0 Å². The Morgan fingerprint density at radius 2 is 1.88 bits per heavy atom. The minimum atomic E-state index is -4.56. The van der Waals surface area contributed by atoms with Crippen molar-refractivity contribution in [2.24, 2.45) is 0 Å². The first-order valence-electron chi connectivity index (χ1n) is 8.05. The zero-order valence-corrected chi connectivity index (χ0v) is 14.8. The van der Waals surface area contributed by atoms with Crippen LogP contribution in [0.25, 0.3) is 0 Å². The molecular formula is C17H18ClF3N4O. The van der Waals surface area contributed by atoms with E-state index in [9.17, 15) is 18.0 Å². The SMILES string of the molecule is CCCCCNC(=O)c1cnc(Nc2ccc(Cl)c(C(F)(F)F)c2)nc1. The Bertz CT molecular complexity index is 751. The van der Waals surface area contributed by atoms with Crippen molar-refractivity contribution < 1.29 is 18.0 Å². The predicted octanol–water partition coefficient (Wildman–Crippen LogP) is 4.81. The fourth-order valence-corrected chi connectivity index (χ4v) is 2.36. The van der Waals surface area contributed by atoms with Gasteiger partial charge in [-0.1, -0.05) is 31.4 Å². The van der Waals surface area contributed by atoms with E-state index in [0.717, 1.165) is 31.4 Å². The summed E-state index contributed by atoms with van der Waals surface area (Å²) >= 11 is 5.58. The molecule has 5 nitrogen and oxygen atoms in total. The first-order valence-corrected chi connectivity index (χ1v) is 8.43. The second-order valence-electron chi connectivity index (χ2n) is 5.58. The van der Waals surface area contributed by atoms with Crippen molar-refractivity contribution in [1.29, 1.82) is 0 Å². The predicted molar refractivity (Wildman–Crippen MR) is 93.6 cm³/mol. The van der Waals surface area contributed by atoms with Crippen LogP contribution in [0.4, 0.5) is 24.8 Å². The van der Waals surface area contributed by atoms with Crippen LogP contribution in [0.2, 0.25) is 5.02 Å². The third-order valence-electron chi connectivity index (χ3n) is 3.51. The fraction of sp³-hybridized carbons (Fsp3) is 0.353. The van der Waals surface area contributed by atoms with E-state index in [2.05, 4.69) is 27.5 Å². The third-order valence-corrected chi connectivity index (χ3v) is 3.84. The summed E-state index contributed by atoms with van der Waals surface area (Å²) in [6.45, 7) is 2.64. The number of alkyl halides is 3. The van der Waals surface area contributed by atoms with Gasteiger partial charge in [-0.25, -0.2) is 9.97 Å². The monoisotopic (exact) mass is 386 g/mol. The maximum Gasteiger partial charge on any atom is 0.417 e. The number of anilines is 2. The number of nitrogens with zero attached hydrogens (tertiary/aromatic N) is 2. The summed E-state index contributed by atoms with van der Waals surface area (Å²) in [6.07, 6.45) is 1.03. The second-order valence-corrected chi connectivity index (χ2v) is 5.98. The summed E-state index contributed by atoms with van der Waals surface area (Å²) in [6, 6.07) is 3.40. The topological polar surface area (TPSA) is 66.9 Å². The van der Waals surface area contributed by atoms with Gasteiger partial charge in [-0.05, 0) is 24.6 Å². The highest BCUT2D eigenvalue weighted by Gasteiger charge is 2.33. The lowest BCUT2D eigenvalue weighted by Gasteiger charge is -2.11. The van der Waals surface area contributed by atoms with Gasteiger partial charge in [-0.2, -0.15) is 13.2 Å². The summed E-state index contributed by atoms with van der Waals surface area (Å²) in [5, 5.41) is 5.02. The van der Waals surface area contributed by atoms with Gasteiger partial charge in [0.2, 0.25) is 5.95 Å². The molecule has 0 saturated heterocycles. The van der Waals surface area contributed by atoms with Crippen molar-refractivity contribution in [2.45, 2.75) is 32.4 Å². The largest absolute Gasteiger partial charge is 0.417 e. The number of unbranched alkanes of at least 4 members (excludes halogenated alkanes) is 2. The molecule has 2 aromatic rings. The van der Waals surface area contributed by atoms with Gasteiger partial charge in [-0.15, -0.1) is 0 Å². The average molecular weight is 387 g/mol. The summed E-state index contributed by atoms with van der Waals surface area (Å²) in [7, 11) is 0. The van der Waals surface area contributed by atoms with E-state index in [1.165, 1.54) is 18.5 Å². The Labute approximate surface area is 154 Å². The molecule has 0 aliphatic carbocycles. The second kappa shape index (κ2) is 8.84. The highest BCUT2D eigenvalue weighted by atomic mass is 35.5. The van der Waals surface area contributed by atoms with Crippen LogP contribution in [0.15, 0.2) is 30.6 Å². The molecule has 0 fully saturated rings. The van der Waals surface area contributed by atoms with Crippen molar-refractivity contribution in [3.63, 3.8) is 0 Å². The number of carbonyl (C=O) groups is 1. The summed E-state index contributed by atoms with van der Waals surface area (Å²) in [5.41, 5.74) is -0.537. The van der Waals surface area contributed by atoms with Gasteiger partial charge in [0.05, 0.1) is 16.1 Å². The third kappa shape index (κ3) is 5.59. The lowest BCUT2D eigenvalue weighted by molar-refractivity contribution is -0.137. The van der Waals surface area contributed by atoms with Crippen molar-refractivity contribution >= 4 is 29.1 Å². The van der Waals surface area contributed by atoms with Gasteiger partial charge in [-0.3, -0.25) is 4.79 Å². The van der Waals surface area contributed by atoms with Gasteiger partial charge in [0.25, 0.3) is 5.91 Å². The van der Waals surface area contributed by atoms with Crippen LogP contribution in [0.5, 0.6) is 0 Å². The van der Waals surface area contributed by atoms with Crippen LogP contribution in [-0.2, 0) is 6.18 Å². The normalized spacial score (nSPS) is 11.3. The van der Waals surface area contributed by atoms with E-state index in [0.29, 0.717) is 6.54 Å². The number of benzene rings is 1. The molecule has 9 heteroatoms. The highest BCUT2D eigenvalue weighted by molar-refractivity contribution is 6.31. The number of hydrogen-bond donors (Lipinski definition) is 2. The summed E-state index contributed by atoms with van der Waals surface area (Å²) in [4.78, 5) is 19.8. The molecule has 1 aromatic carbocycles. The van der Waals surface area contributed by atoms with Crippen LogP contribution in [0.1, 0.15) is 42.1 Å². The maximum absolute atomic E-state index is 12.9. The molecule has 0 aliphatic rings. The van der Waals surface area contributed by atoms with Gasteiger partial charge in [0.15, 0.2) is 0 Å². The Hall–Kier alpha value is -2.35. The number of carbonyl (C=O) groups excluding carboxylic acids is 1. The number of hydrogen-bond acceptors (Lipinski definition) is 4. The molecule has 1 heterocycles. The molecule has 1 amide bonds. The van der Waals surface area contributed by atoms with Crippen LogP contribution in [0.3, 0.4) is 0 Å². The average Bonchev–Trinajstić information content (AvgIpc) is 2.60. The van der Waals surface area contributed by atoms with E-state index in [1.807, 2.05) is 0 Å².